The van der Waals surface area contributed by atoms with Crippen molar-refractivity contribution in [3.8, 4) is 0 Å². The minimum absolute atomic E-state index is 0.0507. The zero-order chi connectivity index (χ0) is 19.5. The van der Waals surface area contributed by atoms with E-state index in [4.69, 9.17) is 11.6 Å². The molecule has 0 saturated carbocycles. The first kappa shape index (κ1) is 20.1. The lowest BCUT2D eigenvalue weighted by Crippen LogP contribution is -2.28. The van der Waals surface area contributed by atoms with Crippen LogP contribution in [0.2, 0.25) is 5.02 Å². The molecule has 0 spiro atoms. The summed E-state index contributed by atoms with van der Waals surface area (Å²) < 4.78 is 33.0. The quantitative estimate of drug-likeness (QED) is 0.742. The molecule has 2 aromatic carbocycles. The second-order valence-electron chi connectivity index (χ2n) is 6.69. The number of rotatable bonds is 5. The number of methoxy groups -OCH3 is 1. The van der Waals surface area contributed by atoms with Gasteiger partial charge in [0, 0.05) is 16.2 Å². The second kappa shape index (κ2) is 7.55. The highest BCUT2D eigenvalue weighted by Gasteiger charge is 2.23. The van der Waals surface area contributed by atoms with Gasteiger partial charge >= 0.3 is 5.97 Å². The highest BCUT2D eigenvalue weighted by molar-refractivity contribution is 7.92. The van der Waals surface area contributed by atoms with Crippen LogP contribution in [-0.4, -0.2) is 27.0 Å². The van der Waals surface area contributed by atoms with Crippen molar-refractivity contribution in [1.29, 1.82) is 0 Å². The van der Waals surface area contributed by atoms with Crippen molar-refractivity contribution in [3.05, 3.63) is 53.1 Å². The lowest BCUT2D eigenvalue weighted by atomic mass is 10.1. The minimum Gasteiger partial charge on any atom is -0.465 e. The summed E-state index contributed by atoms with van der Waals surface area (Å²) in [6.07, 6.45) is 0. The number of hydrogen-bond donors (Lipinski definition) is 2. The molecule has 0 aliphatic rings. The van der Waals surface area contributed by atoms with Crippen LogP contribution in [0.25, 0.3) is 0 Å². The van der Waals surface area contributed by atoms with E-state index < -0.39 is 16.0 Å². The first-order valence-electron chi connectivity index (χ1n) is 7.81. The number of carbonyl (C=O) groups is 1. The first-order chi connectivity index (χ1) is 12.0. The molecule has 8 heteroatoms. The standard InChI is InChI=1S/C18H21ClN2O4S/c1-18(2,3)20-15-10-5-12(17(22)25-4)11-16(15)26(23,24)21-14-8-6-13(19)7-9-14/h5-11,20-21H,1-4H3. The van der Waals surface area contributed by atoms with Crippen LogP contribution in [0.1, 0.15) is 31.1 Å². The summed E-state index contributed by atoms with van der Waals surface area (Å²) >= 11 is 5.83. The molecule has 0 unspecified atom stereocenters. The highest BCUT2D eigenvalue weighted by atomic mass is 35.5. The number of hydrogen-bond acceptors (Lipinski definition) is 5. The molecular weight excluding hydrogens is 376 g/mol. The smallest absolute Gasteiger partial charge is 0.337 e. The van der Waals surface area contributed by atoms with Crippen molar-refractivity contribution in [2.24, 2.45) is 0 Å². The molecule has 0 heterocycles. The largest absolute Gasteiger partial charge is 0.465 e. The van der Waals surface area contributed by atoms with Crippen LogP contribution in [0.3, 0.4) is 0 Å². The van der Waals surface area contributed by atoms with Gasteiger partial charge in [0.25, 0.3) is 10.0 Å². The summed E-state index contributed by atoms with van der Waals surface area (Å²) in [4.78, 5) is 11.8. The number of anilines is 2. The Bertz CT molecular complexity index is 904. The van der Waals surface area contributed by atoms with E-state index in [9.17, 15) is 13.2 Å². The maximum Gasteiger partial charge on any atom is 0.337 e. The normalized spacial score (nSPS) is 11.7. The van der Waals surface area contributed by atoms with Gasteiger partial charge in [-0.25, -0.2) is 13.2 Å². The topological polar surface area (TPSA) is 84.5 Å². The van der Waals surface area contributed by atoms with Gasteiger partial charge in [-0.05, 0) is 63.2 Å². The SMILES string of the molecule is COC(=O)c1ccc(NC(C)(C)C)c(S(=O)(=O)Nc2ccc(Cl)cc2)c1. The molecule has 0 atom stereocenters. The van der Waals surface area contributed by atoms with E-state index >= 15 is 0 Å². The van der Waals surface area contributed by atoms with E-state index in [2.05, 4.69) is 14.8 Å². The van der Waals surface area contributed by atoms with Crippen molar-refractivity contribution in [1.82, 2.24) is 0 Å². The number of carbonyl (C=O) groups excluding carboxylic acids is 1. The van der Waals surface area contributed by atoms with Gasteiger partial charge in [0.05, 0.1) is 18.4 Å². The Hall–Kier alpha value is -2.25. The molecule has 0 bridgehead atoms. The third-order valence-electron chi connectivity index (χ3n) is 3.30. The summed E-state index contributed by atoms with van der Waals surface area (Å²) in [5.41, 5.74) is 0.506. The van der Waals surface area contributed by atoms with Gasteiger partial charge < -0.3 is 10.1 Å². The molecule has 0 radical (unpaired) electrons. The van der Waals surface area contributed by atoms with Crippen molar-refractivity contribution in [2.45, 2.75) is 31.2 Å². The number of ether oxygens (including phenoxy) is 1. The van der Waals surface area contributed by atoms with Crippen LogP contribution in [0.5, 0.6) is 0 Å². The molecule has 2 N–H and O–H groups in total. The van der Waals surface area contributed by atoms with Gasteiger partial charge in [-0.3, -0.25) is 4.72 Å². The number of nitrogens with one attached hydrogen (secondary N) is 2. The summed E-state index contributed by atoms with van der Waals surface area (Å²) in [6, 6.07) is 10.6. The summed E-state index contributed by atoms with van der Waals surface area (Å²) in [6.45, 7) is 5.72. The second-order valence-corrected chi connectivity index (χ2v) is 8.78. The third-order valence-corrected chi connectivity index (χ3v) is 4.97. The molecule has 2 aromatic rings. The zero-order valence-corrected chi connectivity index (χ0v) is 16.5. The van der Waals surface area contributed by atoms with E-state index in [1.165, 1.54) is 19.2 Å². The van der Waals surface area contributed by atoms with Crippen molar-refractivity contribution >= 4 is 39.0 Å². The van der Waals surface area contributed by atoms with Crippen molar-refractivity contribution < 1.29 is 17.9 Å². The molecule has 26 heavy (non-hydrogen) atoms. The van der Waals surface area contributed by atoms with E-state index in [0.717, 1.165) is 0 Å². The van der Waals surface area contributed by atoms with Crippen LogP contribution in [0.15, 0.2) is 47.4 Å². The number of benzene rings is 2. The summed E-state index contributed by atoms with van der Waals surface area (Å²) in [7, 11) is -2.72. The number of halogens is 1. The number of sulfonamides is 1. The number of esters is 1. The van der Waals surface area contributed by atoms with E-state index in [1.807, 2.05) is 20.8 Å². The molecule has 0 amide bonds. The molecule has 140 valence electrons. The van der Waals surface area contributed by atoms with Crippen LogP contribution >= 0.6 is 11.6 Å². The van der Waals surface area contributed by atoms with Gasteiger partial charge in [-0.15, -0.1) is 0 Å². The fourth-order valence-electron chi connectivity index (χ4n) is 2.22. The van der Waals surface area contributed by atoms with E-state index in [0.29, 0.717) is 16.4 Å². The van der Waals surface area contributed by atoms with Crippen LogP contribution in [0, 0.1) is 0 Å². The average Bonchev–Trinajstić information content (AvgIpc) is 2.55. The Morgan fingerprint density at radius 3 is 2.23 bits per heavy atom. The lowest BCUT2D eigenvalue weighted by Gasteiger charge is -2.24. The minimum atomic E-state index is -3.96. The Balaban J connectivity index is 2.51. The van der Waals surface area contributed by atoms with E-state index in [-0.39, 0.29) is 16.0 Å². The lowest BCUT2D eigenvalue weighted by molar-refractivity contribution is 0.0600. The Morgan fingerprint density at radius 2 is 1.69 bits per heavy atom. The third kappa shape index (κ3) is 5.12. The van der Waals surface area contributed by atoms with Gasteiger partial charge in [0.15, 0.2) is 0 Å². The molecular formula is C18H21ClN2O4S. The van der Waals surface area contributed by atoms with E-state index in [1.54, 1.807) is 30.3 Å². The van der Waals surface area contributed by atoms with Crippen LogP contribution < -0.4 is 10.0 Å². The maximum atomic E-state index is 12.9. The first-order valence-corrected chi connectivity index (χ1v) is 9.67. The Morgan fingerprint density at radius 1 is 1.08 bits per heavy atom. The monoisotopic (exact) mass is 396 g/mol. The molecule has 0 aromatic heterocycles. The van der Waals surface area contributed by atoms with Crippen molar-refractivity contribution in [3.63, 3.8) is 0 Å². The predicted octanol–water partition coefficient (Wildman–Crippen LogP) is 4.14. The molecule has 2 rings (SSSR count). The van der Waals surface area contributed by atoms with Gasteiger partial charge in [0.1, 0.15) is 4.90 Å². The fraction of sp³-hybridized carbons (Fsp3) is 0.278. The summed E-state index contributed by atoms with van der Waals surface area (Å²) in [5.74, 6) is -0.616. The van der Waals surface area contributed by atoms with Gasteiger partial charge in [-0.2, -0.15) is 0 Å². The van der Waals surface area contributed by atoms with Gasteiger partial charge in [0.2, 0.25) is 0 Å². The Kier molecular flexibility index (Phi) is 5.83. The molecule has 6 nitrogen and oxygen atoms in total. The highest BCUT2D eigenvalue weighted by Crippen LogP contribution is 2.28. The van der Waals surface area contributed by atoms with Gasteiger partial charge in [-0.1, -0.05) is 11.6 Å². The predicted molar refractivity (Wildman–Crippen MR) is 103 cm³/mol. The molecule has 0 fully saturated rings. The molecule has 0 saturated heterocycles. The maximum absolute atomic E-state index is 12.9. The van der Waals surface area contributed by atoms with Crippen molar-refractivity contribution in [2.75, 3.05) is 17.1 Å². The molecule has 0 aliphatic heterocycles. The zero-order valence-electron chi connectivity index (χ0n) is 15.0. The summed E-state index contributed by atoms with van der Waals surface area (Å²) in [5, 5.41) is 3.64. The average molecular weight is 397 g/mol. The fourth-order valence-corrected chi connectivity index (χ4v) is 3.60. The molecule has 0 aliphatic carbocycles. The van der Waals surface area contributed by atoms with Crippen LogP contribution in [-0.2, 0) is 14.8 Å². The Labute approximate surface area is 158 Å². The van der Waals surface area contributed by atoms with Crippen LogP contribution in [0.4, 0.5) is 11.4 Å².